The molecule has 1 aromatic carbocycles. The molecule has 18 heavy (non-hydrogen) atoms. The lowest BCUT2D eigenvalue weighted by atomic mass is 9.95. The van der Waals surface area contributed by atoms with E-state index in [1.807, 2.05) is 0 Å². The molecule has 1 aliphatic carbocycles. The fraction of sp³-hybridized carbons (Fsp3) is 0.571. The van der Waals surface area contributed by atoms with Gasteiger partial charge in [-0.05, 0) is 38.3 Å². The Labute approximate surface area is 106 Å². The largest absolute Gasteiger partial charge is 0.488 e. The van der Waals surface area contributed by atoms with Crippen LogP contribution >= 0.6 is 0 Å². The number of ether oxygens (including phenoxy) is 1. The van der Waals surface area contributed by atoms with Crippen LogP contribution in [0.5, 0.6) is 5.75 Å². The van der Waals surface area contributed by atoms with Crippen LogP contribution in [-0.2, 0) is 0 Å². The summed E-state index contributed by atoms with van der Waals surface area (Å²) < 4.78 is 19.3. The first-order valence-electron chi connectivity index (χ1n) is 6.40. The Morgan fingerprint density at radius 3 is 2.67 bits per heavy atom. The molecule has 1 fully saturated rings. The zero-order chi connectivity index (χ0) is 13.1. The molecule has 0 aliphatic heterocycles. The van der Waals surface area contributed by atoms with E-state index >= 15 is 0 Å². The summed E-state index contributed by atoms with van der Waals surface area (Å²) in [5.74, 6) is -0.0735. The Hall–Kier alpha value is -1.13. The van der Waals surface area contributed by atoms with Gasteiger partial charge in [0.2, 0.25) is 0 Å². The van der Waals surface area contributed by atoms with E-state index in [1.165, 1.54) is 19.1 Å². The molecule has 0 bridgehead atoms. The van der Waals surface area contributed by atoms with Crippen LogP contribution in [0.1, 0.15) is 44.3 Å². The minimum Gasteiger partial charge on any atom is -0.488 e. The normalized spacial score (nSPS) is 25.8. The Morgan fingerprint density at radius 1 is 1.33 bits per heavy atom. The van der Waals surface area contributed by atoms with Crippen LogP contribution in [0, 0.1) is 5.82 Å². The highest BCUT2D eigenvalue weighted by Crippen LogP contribution is 2.26. The topological polar surface area (TPSA) is 49.7 Å². The fourth-order valence-electron chi connectivity index (χ4n) is 2.31. The van der Waals surface area contributed by atoms with Gasteiger partial charge in [0.05, 0.1) is 12.2 Å². The van der Waals surface area contributed by atoms with E-state index in [2.05, 4.69) is 0 Å². The quantitative estimate of drug-likeness (QED) is 0.871. The van der Waals surface area contributed by atoms with Crippen LogP contribution in [0.15, 0.2) is 18.2 Å². The summed E-state index contributed by atoms with van der Waals surface area (Å²) in [6, 6.07) is 4.42. The lowest BCUT2D eigenvalue weighted by molar-refractivity contribution is 0.00668. The van der Waals surface area contributed by atoms with Gasteiger partial charge < -0.3 is 14.9 Å². The van der Waals surface area contributed by atoms with Crippen LogP contribution in [0.2, 0.25) is 0 Å². The maximum absolute atomic E-state index is 13.6. The minimum atomic E-state index is -0.834. The highest BCUT2D eigenvalue weighted by molar-refractivity contribution is 5.30. The van der Waals surface area contributed by atoms with E-state index in [1.54, 1.807) is 6.07 Å². The molecule has 1 aliphatic rings. The van der Waals surface area contributed by atoms with E-state index in [0.717, 1.165) is 25.7 Å². The lowest BCUT2D eigenvalue weighted by Crippen LogP contribution is -2.34. The third-order valence-corrected chi connectivity index (χ3v) is 3.38. The van der Waals surface area contributed by atoms with E-state index in [4.69, 9.17) is 4.74 Å². The molecule has 3 unspecified atom stereocenters. The zero-order valence-corrected chi connectivity index (χ0v) is 10.5. The van der Waals surface area contributed by atoms with Gasteiger partial charge in [-0.2, -0.15) is 0 Å². The van der Waals surface area contributed by atoms with Crippen molar-refractivity contribution in [1.29, 1.82) is 0 Å². The third-order valence-electron chi connectivity index (χ3n) is 3.38. The summed E-state index contributed by atoms with van der Waals surface area (Å²) in [5, 5.41) is 19.1. The molecule has 2 rings (SSSR count). The third kappa shape index (κ3) is 3.00. The predicted molar refractivity (Wildman–Crippen MR) is 65.9 cm³/mol. The molecule has 1 aromatic rings. The van der Waals surface area contributed by atoms with E-state index in [0.29, 0.717) is 5.75 Å². The summed E-state index contributed by atoms with van der Waals surface area (Å²) >= 11 is 0. The maximum atomic E-state index is 13.6. The van der Waals surface area contributed by atoms with Crippen molar-refractivity contribution in [1.82, 2.24) is 0 Å². The van der Waals surface area contributed by atoms with Crippen molar-refractivity contribution < 1.29 is 19.3 Å². The minimum absolute atomic E-state index is 0.254. The van der Waals surface area contributed by atoms with Crippen LogP contribution in [0.4, 0.5) is 4.39 Å². The molecular formula is C14H19FO3. The Kier molecular flexibility index (Phi) is 4.19. The Bertz CT molecular complexity index is 406. The monoisotopic (exact) mass is 254 g/mol. The smallest absolute Gasteiger partial charge is 0.132 e. The number of hydrogen-bond acceptors (Lipinski definition) is 3. The average molecular weight is 254 g/mol. The van der Waals surface area contributed by atoms with Gasteiger partial charge >= 0.3 is 0 Å². The summed E-state index contributed by atoms with van der Waals surface area (Å²) in [6.45, 7) is 1.52. The van der Waals surface area contributed by atoms with Gasteiger partial charge in [-0.1, -0.05) is 6.42 Å². The maximum Gasteiger partial charge on any atom is 0.132 e. The van der Waals surface area contributed by atoms with E-state index in [9.17, 15) is 14.6 Å². The van der Waals surface area contributed by atoms with Crippen molar-refractivity contribution in [2.75, 3.05) is 0 Å². The molecule has 0 radical (unpaired) electrons. The van der Waals surface area contributed by atoms with Crippen molar-refractivity contribution in [3.8, 4) is 5.75 Å². The number of benzene rings is 1. The first kappa shape index (κ1) is 13.3. The Balaban J connectivity index is 2.07. The van der Waals surface area contributed by atoms with Gasteiger partial charge in [-0.25, -0.2) is 4.39 Å². The van der Waals surface area contributed by atoms with Crippen molar-refractivity contribution in [2.45, 2.75) is 50.9 Å². The number of halogens is 1. The SMILES string of the molecule is CC(O)c1ccc(OC2CCCCC2O)cc1F. The number of rotatable bonds is 3. The fourth-order valence-corrected chi connectivity index (χ4v) is 2.31. The van der Waals surface area contributed by atoms with Crippen molar-refractivity contribution in [2.24, 2.45) is 0 Å². The molecule has 3 nitrogen and oxygen atoms in total. The summed E-state index contributed by atoms with van der Waals surface area (Å²) in [4.78, 5) is 0. The van der Waals surface area contributed by atoms with Crippen molar-refractivity contribution >= 4 is 0 Å². The highest BCUT2D eigenvalue weighted by Gasteiger charge is 2.24. The second kappa shape index (κ2) is 5.67. The van der Waals surface area contributed by atoms with Gasteiger partial charge in [0.25, 0.3) is 0 Å². The van der Waals surface area contributed by atoms with Crippen LogP contribution < -0.4 is 4.74 Å². The summed E-state index contributed by atoms with van der Waals surface area (Å²) in [5.41, 5.74) is 0.256. The van der Waals surface area contributed by atoms with Crippen LogP contribution in [-0.4, -0.2) is 22.4 Å². The molecule has 0 amide bonds. The molecule has 0 heterocycles. The van der Waals surface area contributed by atoms with Gasteiger partial charge in [0.1, 0.15) is 17.7 Å². The first-order valence-corrected chi connectivity index (χ1v) is 6.40. The van der Waals surface area contributed by atoms with E-state index < -0.39 is 18.0 Å². The molecule has 2 N–H and O–H groups in total. The van der Waals surface area contributed by atoms with Crippen molar-refractivity contribution in [3.63, 3.8) is 0 Å². The number of hydrogen-bond donors (Lipinski definition) is 2. The first-order chi connectivity index (χ1) is 8.58. The van der Waals surface area contributed by atoms with E-state index in [-0.39, 0.29) is 11.7 Å². The second-order valence-electron chi connectivity index (χ2n) is 4.87. The molecule has 0 saturated heterocycles. The predicted octanol–water partition coefficient (Wildman–Crippen LogP) is 2.56. The molecule has 4 heteroatoms. The zero-order valence-electron chi connectivity index (χ0n) is 10.5. The molecule has 1 saturated carbocycles. The Morgan fingerprint density at radius 2 is 2.06 bits per heavy atom. The highest BCUT2D eigenvalue weighted by atomic mass is 19.1. The van der Waals surface area contributed by atoms with Gasteiger partial charge in [-0.3, -0.25) is 0 Å². The standard InChI is InChI=1S/C14H19FO3/c1-9(16)11-7-6-10(8-12(11)15)18-14-5-3-2-4-13(14)17/h6-9,13-14,16-17H,2-5H2,1H3. The van der Waals surface area contributed by atoms with Gasteiger partial charge in [-0.15, -0.1) is 0 Å². The van der Waals surface area contributed by atoms with Crippen LogP contribution in [0.25, 0.3) is 0 Å². The molecule has 0 spiro atoms. The van der Waals surface area contributed by atoms with Crippen molar-refractivity contribution in [3.05, 3.63) is 29.6 Å². The average Bonchev–Trinajstić information content (AvgIpc) is 2.32. The number of aliphatic hydroxyl groups is 2. The molecule has 100 valence electrons. The number of aliphatic hydroxyl groups excluding tert-OH is 2. The summed E-state index contributed by atoms with van der Waals surface area (Å²) in [7, 11) is 0. The summed E-state index contributed by atoms with van der Waals surface area (Å²) in [6.07, 6.45) is 2.00. The molecule has 3 atom stereocenters. The second-order valence-corrected chi connectivity index (χ2v) is 4.87. The lowest BCUT2D eigenvalue weighted by Gasteiger charge is -2.28. The molecular weight excluding hydrogens is 235 g/mol. The van der Waals surface area contributed by atoms with Gasteiger partial charge in [0, 0.05) is 11.6 Å². The van der Waals surface area contributed by atoms with Crippen LogP contribution in [0.3, 0.4) is 0 Å². The molecule has 0 aromatic heterocycles. The van der Waals surface area contributed by atoms with Gasteiger partial charge in [0.15, 0.2) is 0 Å².